The Morgan fingerprint density at radius 1 is 1.21 bits per heavy atom. The largest absolute Gasteiger partial charge is 0.397 e. The van der Waals surface area contributed by atoms with E-state index in [4.69, 9.17) is 11.5 Å². The molecule has 0 aliphatic carbocycles. The quantitative estimate of drug-likeness (QED) is 0.779. The molecule has 1 aromatic carbocycles. The summed E-state index contributed by atoms with van der Waals surface area (Å²) in [6.07, 6.45) is 0. The van der Waals surface area contributed by atoms with E-state index in [0.29, 0.717) is 17.4 Å². The van der Waals surface area contributed by atoms with E-state index in [-0.39, 0.29) is 0 Å². The maximum Gasteiger partial charge on any atom is 0.0568 e. The Balaban J connectivity index is 2.10. The number of nitrogens with two attached hydrogens (primary N) is 2. The van der Waals surface area contributed by atoms with Crippen LogP contribution < -0.4 is 16.4 Å². The predicted molar refractivity (Wildman–Crippen MR) is 82.5 cm³/mol. The van der Waals surface area contributed by atoms with Crippen LogP contribution in [0.4, 0.5) is 17.1 Å². The molecule has 0 amide bonds. The van der Waals surface area contributed by atoms with Crippen LogP contribution in [-0.2, 0) is 0 Å². The fourth-order valence-corrected chi connectivity index (χ4v) is 2.56. The molecule has 106 valence electrons. The van der Waals surface area contributed by atoms with Gasteiger partial charge in [-0.3, -0.25) is 4.90 Å². The summed E-state index contributed by atoms with van der Waals surface area (Å²) in [5.74, 6) is 0. The second-order valence-electron chi connectivity index (χ2n) is 5.66. The number of likely N-dealkylation sites (N-methyl/N-ethyl adjacent to an activating group) is 2. The van der Waals surface area contributed by atoms with E-state index in [1.807, 2.05) is 12.1 Å². The Morgan fingerprint density at radius 3 is 2.58 bits per heavy atom. The maximum atomic E-state index is 5.90. The fraction of sp³-hybridized carbons (Fsp3) is 0.571. The molecule has 0 saturated carbocycles. The molecule has 0 bridgehead atoms. The maximum absolute atomic E-state index is 5.90. The van der Waals surface area contributed by atoms with Crippen LogP contribution in [0.1, 0.15) is 0 Å². The molecular weight excluding hydrogens is 238 g/mol. The molecule has 1 aliphatic rings. The molecule has 1 unspecified atom stereocenters. The predicted octanol–water partition coefficient (Wildman–Crippen LogP) is 0.533. The van der Waals surface area contributed by atoms with E-state index < -0.39 is 0 Å². The van der Waals surface area contributed by atoms with Gasteiger partial charge in [0.15, 0.2) is 0 Å². The number of hydrogen-bond donors (Lipinski definition) is 2. The van der Waals surface area contributed by atoms with Crippen LogP contribution in [0.5, 0.6) is 0 Å². The number of rotatable bonds is 3. The number of piperazine rings is 1. The Labute approximate surface area is 115 Å². The van der Waals surface area contributed by atoms with E-state index in [9.17, 15) is 0 Å². The Kier molecular flexibility index (Phi) is 4.17. The first-order valence-electron chi connectivity index (χ1n) is 6.72. The molecule has 1 heterocycles. The molecule has 0 radical (unpaired) electrons. The summed E-state index contributed by atoms with van der Waals surface area (Å²) in [7, 11) is 6.44. The van der Waals surface area contributed by atoms with E-state index >= 15 is 0 Å². The molecule has 4 N–H and O–H groups in total. The molecule has 1 atom stereocenters. The van der Waals surface area contributed by atoms with E-state index in [0.717, 1.165) is 26.2 Å². The van der Waals surface area contributed by atoms with Gasteiger partial charge in [-0.25, -0.2) is 0 Å². The topological polar surface area (TPSA) is 61.8 Å². The SMILES string of the molecule is CN(C)CC1CN(c2ccc(N)c(N)c2)CCN1C. The van der Waals surface area contributed by atoms with Gasteiger partial charge in [0.05, 0.1) is 11.4 Å². The minimum atomic E-state index is 0.544. The van der Waals surface area contributed by atoms with E-state index in [1.165, 1.54) is 5.69 Å². The molecule has 0 spiro atoms. The Hall–Kier alpha value is -1.46. The standard InChI is InChI=1S/C14H25N5/c1-17(2)9-12-10-19(7-6-18(12)3)11-4-5-13(15)14(16)8-11/h4-5,8,12H,6-7,9-10,15-16H2,1-3H3. The van der Waals surface area contributed by atoms with Crippen molar-refractivity contribution in [3.63, 3.8) is 0 Å². The normalized spacial score (nSPS) is 21.1. The van der Waals surface area contributed by atoms with Gasteiger partial charge < -0.3 is 21.3 Å². The van der Waals surface area contributed by atoms with Crippen LogP contribution >= 0.6 is 0 Å². The molecule has 5 heteroatoms. The summed E-state index contributed by atoms with van der Waals surface area (Å²) in [6, 6.07) is 6.48. The number of nitrogen functional groups attached to an aromatic ring is 2. The van der Waals surface area contributed by atoms with Crippen LogP contribution in [0.15, 0.2) is 18.2 Å². The van der Waals surface area contributed by atoms with Crippen molar-refractivity contribution >= 4 is 17.1 Å². The molecule has 19 heavy (non-hydrogen) atoms. The third kappa shape index (κ3) is 3.30. The summed E-state index contributed by atoms with van der Waals surface area (Å²) >= 11 is 0. The van der Waals surface area contributed by atoms with Crippen molar-refractivity contribution in [2.75, 3.05) is 63.7 Å². The molecule has 2 rings (SSSR count). The number of benzene rings is 1. The lowest BCUT2D eigenvalue weighted by molar-refractivity contribution is 0.178. The second kappa shape index (κ2) is 5.67. The average molecular weight is 263 g/mol. The lowest BCUT2D eigenvalue weighted by Gasteiger charge is -2.41. The first kappa shape index (κ1) is 14.0. The van der Waals surface area contributed by atoms with Crippen molar-refractivity contribution in [1.82, 2.24) is 9.80 Å². The van der Waals surface area contributed by atoms with Gasteiger partial charge in [0.25, 0.3) is 0 Å². The average Bonchev–Trinajstić information content (AvgIpc) is 2.35. The van der Waals surface area contributed by atoms with Gasteiger partial charge in [0.2, 0.25) is 0 Å². The summed E-state index contributed by atoms with van der Waals surface area (Å²) in [5, 5.41) is 0. The zero-order valence-electron chi connectivity index (χ0n) is 12.1. The second-order valence-corrected chi connectivity index (χ2v) is 5.66. The minimum absolute atomic E-state index is 0.544. The summed E-state index contributed by atoms with van der Waals surface area (Å²) in [6.45, 7) is 4.20. The molecule has 0 aromatic heterocycles. The summed E-state index contributed by atoms with van der Waals surface area (Å²) in [5.41, 5.74) is 14.2. The highest BCUT2D eigenvalue weighted by Gasteiger charge is 2.24. The van der Waals surface area contributed by atoms with Gasteiger partial charge in [0.1, 0.15) is 0 Å². The molecule has 1 fully saturated rings. The molecule has 1 saturated heterocycles. The Morgan fingerprint density at radius 2 is 1.95 bits per heavy atom. The van der Waals surface area contributed by atoms with Gasteiger partial charge in [0, 0.05) is 37.9 Å². The van der Waals surface area contributed by atoms with E-state index in [2.05, 4.69) is 41.9 Å². The lowest BCUT2D eigenvalue weighted by atomic mass is 10.1. The van der Waals surface area contributed by atoms with Crippen molar-refractivity contribution < 1.29 is 0 Å². The Bertz CT molecular complexity index is 432. The van der Waals surface area contributed by atoms with Gasteiger partial charge in [-0.05, 0) is 39.3 Å². The minimum Gasteiger partial charge on any atom is -0.397 e. The number of anilines is 3. The summed E-state index contributed by atoms with van der Waals surface area (Å²) < 4.78 is 0. The van der Waals surface area contributed by atoms with Gasteiger partial charge >= 0.3 is 0 Å². The van der Waals surface area contributed by atoms with Crippen LogP contribution in [0.25, 0.3) is 0 Å². The van der Waals surface area contributed by atoms with Gasteiger partial charge in [-0.15, -0.1) is 0 Å². The van der Waals surface area contributed by atoms with Crippen LogP contribution in [0.2, 0.25) is 0 Å². The van der Waals surface area contributed by atoms with Crippen molar-refractivity contribution in [2.24, 2.45) is 0 Å². The monoisotopic (exact) mass is 263 g/mol. The van der Waals surface area contributed by atoms with Gasteiger partial charge in [-0.1, -0.05) is 0 Å². The number of nitrogens with zero attached hydrogens (tertiary/aromatic N) is 3. The highest BCUT2D eigenvalue weighted by atomic mass is 15.3. The zero-order valence-corrected chi connectivity index (χ0v) is 12.1. The summed E-state index contributed by atoms with van der Waals surface area (Å²) in [4.78, 5) is 7.06. The number of hydrogen-bond acceptors (Lipinski definition) is 5. The first-order valence-corrected chi connectivity index (χ1v) is 6.72. The van der Waals surface area contributed by atoms with Crippen molar-refractivity contribution in [1.29, 1.82) is 0 Å². The van der Waals surface area contributed by atoms with E-state index in [1.54, 1.807) is 0 Å². The lowest BCUT2D eigenvalue weighted by Crippen LogP contribution is -2.55. The third-order valence-corrected chi connectivity index (χ3v) is 3.79. The third-order valence-electron chi connectivity index (χ3n) is 3.79. The molecular formula is C14H25N5. The van der Waals surface area contributed by atoms with Gasteiger partial charge in [-0.2, -0.15) is 0 Å². The van der Waals surface area contributed by atoms with Crippen LogP contribution in [-0.4, -0.2) is 63.2 Å². The smallest absolute Gasteiger partial charge is 0.0568 e. The van der Waals surface area contributed by atoms with Crippen molar-refractivity contribution in [3.8, 4) is 0 Å². The van der Waals surface area contributed by atoms with Crippen LogP contribution in [0, 0.1) is 0 Å². The van der Waals surface area contributed by atoms with Crippen LogP contribution in [0.3, 0.4) is 0 Å². The molecule has 1 aliphatic heterocycles. The first-order chi connectivity index (χ1) is 8.97. The van der Waals surface area contributed by atoms with Crippen molar-refractivity contribution in [2.45, 2.75) is 6.04 Å². The molecule has 5 nitrogen and oxygen atoms in total. The zero-order chi connectivity index (χ0) is 14.0. The fourth-order valence-electron chi connectivity index (χ4n) is 2.56. The highest BCUT2D eigenvalue weighted by Crippen LogP contribution is 2.25. The van der Waals surface area contributed by atoms with Crippen molar-refractivity contribution in [3.05, 3.63) is 18.2 Å². The molecule has 1 aromatic rings. The highest BCUT2D eigenvalue weighted by molar-refractivity contribution is 5.70.